The Hall–Kier alpha value is -3.61. The number of carbonyl (C=O) groups is 1. The van der Waals surface area contributed by atoms with Crippen molar-refractivity contribution in [2.24, 2.45) is 0 Å². The van der Waals surface area contributed by atoms with Gasteiger partial charge < -0.3 is 15.5 Å². The molecule has 1 heterocycles. The maximum absolute atomic E-state index is 10.5. The summed E-state index contributed by atoms with van der Waals surface area (Å²) in [6.07, 6.45) is 0.393. The Kier molecular flexibility index (Phi) is 4.21. The number of benzene rings is 2. The van der Waals surface area contributed by atoms with Crippen LogP contribution in [-0.4, -0.2) is 27.6 Å². The topological polar surface area (TPSA) is 118 Å². The molecular formula is C18H16N4O3. The third-order valence-electron chi connectivity index (χ3n) is 3.82. The maximum Gasteiger partial charge on any atom is 0.213 e. The van der Waals surface area contributed by atoms with Crippen molar-refractivity contribution in [1.29, 1.82) is 5.41 Å². The molecule has 5 N–H and O–H groups in total. The smallest absolute Gasteiger partial charge is 0.213 e. The van der Waals surface area contributed by atoms with Gasteiger partial charge >= 0.3 is 0 Å². The minimum atomic E-state index is -0.342. The maximum atomic E-state index is 10.5. The summed E-state index contributed by atoms with van der Waals surface area (Å²) in [5, 5.41) is 33.2. The first-order valence-corrected chi connectivity index (χ1v) is 7.48. The minimum absolute atomic E-state index is 0.196. The molecular weight excluding hydrogens is 320 g/mol. The van der Waals surface area contributed by atoms with Crippen LogP contribution in [-0.2, 0) is 4.79 Å². The van der Waals surface area contributed by atoms with E-state index in [1.807, 2.05) is 31.2 Å². The van der Waals surface area contributed by atoms with E-state index in [2.05, 4.69) is 15.6 Å². The van der Waals surface area contributed by atoms with Crippen molar-refractivity contribution in [2.75, 3.05) is 5.32 Å². The lowest BCUT2D eigenvalue weighted by Gasteiger charge is -2.14. The van der Waals surface area contributed by atoms with Gasteiger partial charge in [-0.25, -0.2) is 4.98 Å². The van der Waals surface area contributed by atoms with Crippen LogP contribution in [0.5, 0.6) is 11.5 Å². The van der Waals surface area contributed by atoms with Crippen LogP contribution < -0.4 is 10.6 Å². The number of anilines is 1. The lowest BCUT2D eigenvalue weighted by Crippen LogP contribution is -2.28. The second kappa shape index (κ2) is 6.48. The molecule has 0 radical (unpaired) electrons. The number of aryl methyl sites for hydroxylation is 1. The van der Waals surface area contributed by atoms with Gasteiger partial charge in [-0.05, 0) is 30.7 Å². The molecule has 0 aliphatic heterocycles. The van der Waals surface area contributed by atoms with Crippen molar-refractivity contribution in [3.05, 3.63) is 48.0 Å². The van der Waals surface area contributed by atoms with Crippen molar-refractivity contribution >= 4 is 29.0 Å². The Bertz CT molecular complexity index is 985. The van der Waals surface area contributed by atoms with Crippen molar-refractivity contribution in [3.63, 3.8) is 0 Å². The summed E-state index contributed by atoms with van der Waals surface area (Å²) < 4.78 is 0. The Morgan fingerprint density at radius 1 is 1.20 bits per heavy atom. The zero-order chi connectivity index (χ0) is 18.0. The normalized spacial score (nSPS) is 10.4. The Labute approximate surface area is 143 Å². The van der Waals surface area contributed by atoms with E-state index >= 15 is 0 Å². The number of phenolic OH excluding ortho intramolecular Hbond substituents is 2. The Balaban J connectivity index is 2.25. The highest BCUT2D eigenvalue weighted by molar-refractivity contribution is 6.06. The fourth-order valence-electron chi connectivity index (χ4n) is 2.60. The molecule has 126 valence electrons. The lowest BCUT2D eigenvalue weighted by molar-refractivity contribution is -0.108. The monoisotopic (exact) mass is 336 g/mol. The number of nitrogens with one attached hydrogen (secondary N) is 3. The number of amides is 1. The molecule has 0 atom stereocenters. The van der Waals surface area contributed by atoms with Gasteiger partial charge in [0.2, 0.25) is 6.41 Å². The average molecular weight is 336 g/mol. The molecule has 3 aromatic rings. The van der Waals surface area contributed by atoms with Crippen LogP contribution >= 0.6 is 0 Å². The molecule has 0 saturated heterocycles. The number of carbonyl (C=O) groups excluding carboxylic acids is 1. The van der Waals surface area contributed by atoms with E-state index in [0.29, 0.717) is 23.2 Å². The highest BCUT2D eigenvalue weighted by atomic mass is 16.3. The highest BCUT2D eigenvalue weighted by Gasteiger charge is 2.15. The van der Waals surface area contributed by atoms with Crippen molar-refractivity contribution in [3.8, 4) is 22.8 Å². The summed E-state index contributed by atoms with van der Waals surface area (Å²) >= 11 is 0. The van der Waals surface area contributed by atoms with E-state index < -0.39 is 0 Å². The van der Waals surface area contributed by atoms with Gasteiger partial charge in [0.25, 0.3) is 0 Å². The molecule has 0 saturated carbocycles. The van der Waals surface area contributed by atoms with Crippen LogP contribution in [0, 0.1) is 12.3 Å². The molecule has 3 rings (SSSR count). The third kappa shape index (κ3) is 3.07. The zero-order valence-electron chi connectivity index (χ0n) is 13.4. The van der Waals surface area contributed by atoms with E-state index in [9.17, 15) is 15.0 Å². The predicted octanol–water partition coefficient (Wildman–Crippen LogP) is 2.71. The second-order valence-electron chi connectivity index (χ2n) is 5.46. The van der Waals surface area contributed by atoms with Crippen LogP contribution in [0.3, 0.4) is 0 Å². The summed E-state index contributed by atoms with van der Waals surface area (Å²) in [5.74, 6) is -0.842. The Morgan fingerprint density at radius 2 is 1.96 bits per heavy atom. The van der Waals surface area contributed by atoms with Gasteiger partial charge in [0, 0.05) is 10.9 Å². The number of pyridine rings is 1. The number of fused-ring (bicyclic) bond motifs is 1. The molecule has 1 amide bonds. The summed E-state index contributed by atoms with van der Waals surface area (Å²) in [6.45, 7) is 1.94. The number of hydrogen-bond acceptors (Lipinski definition) is 5. The molecule has 0 spiro atoms. The number of phenols is 2. The SMILES string of the molecule is Cc1ccccc1-c1cc(NC(=N)NC=O)c2ccc(O)c(O)c2n1. The van der Waals surface area contributed by atoms with Gasteiger partial charge in [0.1, 0.15) is 5.52 Å². The predicted molar refractivity (Wildman–Crippen MR) is 95.8 cm³/mol. The second-order valence-corrected chi connectivity index (χ2v) is 5.46. The molecule has 2 aromatic carbocycles. The van der Waals surface area contributed by atoms with E-state index in [0.717, 1.165) is 11.1 Å². The minimum Gasteiger partial charge on any atom is -0.504 e. The number of guanidine groups is 1. The van der Waals surface area contributed by atoms with Crippen LogP contribution in [0.4, 0.5) is 5.69 Å². The fraction of sp³-hybridized carbons (Fsp3) is 0.0556. The first-order chi connectivity index (χ1) is 12.0. The number of hydrogen-bond donors (Lipinski definition) is 5. The molecule has 25 heavy (non-hydrogen) atoms. The van der Waals surface area contributed by atoms with E-state index in [1.54, 1.807) is 12.1 Å². The van der Waals surface area contributed by atoms with Crippen LogP contribution in [0.15, 0.2) is 42.5 Å². The fourth-order valence-corrected chi connectivity index (χ4v) is 2.60. The van der Waals surface area contributed by atoms with Crippen LogP contribution in [0.2, 0.25) is 0 Å². The van der Waals surface area contributed by atoms with Gasteiger partial charge in [-0.15, -0.1) is 0 Å². The van der Waals surface area contributed by atoms with E-state index in [-0.39, 0.29) is 23.0 Å². The number of nitrogens with zero attached hydrogens (tertiary/aromatic N) is 1. The van der Waals surface area contributed by atoms with Gasteiger partial charge in [0.15, 0.2) is 17.5 Å². The quantitative estimate of drug-likeness (QED) is 0.218. The summed E-state index contributed by atoms with van der Waals surface area (Å²) in [6, 6.07) is 12.3. The van der Waals surface area contributed by atoms with Crippen molar-refractivity contribution in [1.82, 2.24) is 10.3 Å². The highest BCUT2D eigenvalue weighted by Crippen LogP contribution is 2.38. The molecule has 0 fully saturated rings. The van der Waals surface area contributed by atoms with Gasteiger partial charge in [0.05, 0.1) is 11.4 Å². The number of rotatable bonds is 3. The third-order valence-corrected chi connectivity index (χ3v) is 3.82. The average Bonchev–Trinajstić information content (AvgIpc) is 2.59. The first kappa shape index (κ1) is 16.3. The Morgan fingerprint density at radius 3 is 2.68 bits per heavy atom. The molecule has 7 nitrogen and oxygen atoms in total. The summed E-state index contributed by atoms with van der Waals surface area (Å²) in [7, 11) is 0. The molecule has 0 aliphatic carbocycles. The van der Waals surface area contributed by atoms with Gasteiger partial charge in [-0.2, -0.15) is 0 Å². The standard InChI is InChI=1S/C18H16N4O3/c1-10-4-2-3-5-11(10)13-8-14(22-18(19)20-9-23)12-6-7-15(24)17(25)16(12)21-13/h2-9,24-25H,1H3,(H3,19,20,21,22,23). The van der Waals surface area contributed by atoms with Crippen LogP contribution in [0.1, 0.15) is 5.56 Å². The molecule has 7 heteroatoms. The molecule has 0 unspecified atom stereocenters. The largest absolute Gasteiger partial charge is 0.504 e. The van der Waals surface area contributed by atoms with Crippen molar-refractivity contribution in [2.45, 2.75) is 6.92 Å². The molecule has 0 aliphatic rings. The van der Waals surface area contributed by atoms with Crippen molar-refractivity contribution < 1.29 is 15.0 Å². The zero-order valence-corrected chi connectivity index (χ0v) is 13.4. The van der Waals surface area contributed by atoms with Gasteiger partial charge in [-0.3, -0.25) is 15.5 Å². The number of aromatic hydroxyl groups is 2. The lowest BCUT2D eigenvalue weighted by atomic mass is 10.0. The summed E-state index contributed by atoms with van der Waals surface area (Å²) in [5.41, 5.74) is 3.07. The van der Waals surface area contributed by atoms with Crippen LogP contribution in [0.25, 0.3) is 22.2 Å². The molecule has 1 aromatic heterocycles. The van der Waals surface area contributed by atoms with E-state index in [4.69, 9.17) is 5.41 Å². The summed E-state index contributed by atoms with van der Waals surface area (Å²) in [4.78, 5) is 15.0. The van der Waals surface area contributed by atoms with E-state index in [1.165, 1.54) is 6.07 Å². The van der Waals surface area contributed by atoms with Gasteiger partial charge in [-0.1, -0.05) is 24.3 Å². The molecule has 0 bridgehead atoms. The first-order valence-electron chi connectivity index (χ1n) is 7.48. The number of aromatic nitrogens is 1.